The highest BCUT2D eigenvalue weighted by atomic mass is 16.5. The molecule has 7 nitrogen and oxygen atoms in total. The van der Waals surface area contributed by atoms with Crippen LogP contribution in [0.25, 0.3) is 0 Å². The number of carboxylic acid groups (broad SMARTS) is 1. The SMILES string of the molecule is CCC1(C(=O)O)CCCN(C(=O)N(C)CC(=O)OC)C1. The fourth-order valence-corrected chi connectivity index (χ4v) is 2.48. The van der Waals surface area contributed by atoms with Crippen LogP contribution in [0.2, 0.25) is 0 Å². The summed E-state index contributed by atoms with van der Waals surface area (Å²) in [5, 5.41) is 9.38. The van der Waals surface area contributed by atoms with Gasteiger partial charge >= 0.3 is 18.0 Å². The quantitative estimate of drug-likeness (QED) is 0.772. The second-order valence-corrected chi connectivity index (χ2v) is 5.18. The van der Waals surface area contributed by atoms with Crippen LogP contribution in [0, 0.1) is 5.41 Å². The summed E-state index contributed by atoms with van der Waals surface area (Å²) in [6.45, 7) is 2.38. The predicted molar refractivity (Wildman–Crippen MR) is 71.2 cm³/mol. The van der Waals surface area contributed by atoms with E-state index in [1.54, 1.807) is 0 Å². The number of carboxylic acids is 1. The minimum Gasteiger partial charge on any atom is -0.481 e. The molecule has 1 N–H and O–H groups in total. The predicted octanol–water partition coefficient (Wildman–Crippen LogP) is 0.788. The normalized spacial score (nSPS) is 22.2. The van der Waals surface area contributed by atoms with Crippen LogP contribution in [0.15, 0.2) is 0 Å². The van der Waals surface area contributed by atoms with Crippen LogP contribution in [-0.2, 0) is 14.3 Å². The first kappa shape index (κ1) is 16.3. The second kappa shape index (κ2) is 6.58. The molecule has 7 heteroatoms. The number of likely N-dealkylation sites (N-methyl/N-ethyl adjacent to an activating group) is 1. The molecule has 0 aromatic carbocycles. The third-order valence-electron chi connectivity index (χ3n) is 3.90. The number of likely N-dealkylation sites (tertiary alicyclic amines) is 1. The van der Waals surface area contributed by atoms with E-state index in [1.807, 2.05) is 6.92 Å². The Morgan fingerprint density at radius 1 is 1.40 bits per heavy atom. The van der Waals surface area contributed by atoms with Crippen molar-refractivity contribution in [3.05, 3.63) is 0 Å². The van der Waals surface area contributed by atoms with Gasteiger partial charge in [-0.3, -0.25) is 9.59 Å². The summed E-state index contributed by atoms with van der Waals surface area (Å²) in [5.41, 5.74) is -0.875. The van der Waals surface area contributed by atoms with Crippen molar-refractivity contribution in [3.63, 3.8) is 0 Å². The number of carbonyl (C=O) groups excluding carboxylic acids is 2. The molecule has 1 fully saturated rings. The molecule has 20 heavy (non-hydrogen) atoms. The van der Waals surface area contributed by atoms with Crippen LogP contribution in [0.3, 0.4) is 0 Å². The molecule has 0 aromatic heterocycles. The average Bonchev–Trinajstić information content (AvgIpc) is 2.45. The number of methoxy groups -OCH3 is 1. The number of ether oxygens (including phenoxy) is 1. The van der Waals surface area contributed by atoms with Gasteiger partial charge in [0.2, 0.25) is 0 Å². The summed E-state index contributed by atoms with van der Waals surface area (Å²) < 4.78 is 4.51. The number of urea groups is 1. The monoisotopic (exact) mass is 286 g/mol. The maximum atomic E-state index is 12.2. The van der Waals surface area contributed by atoms with Crippen molar-refractivity contribution in [1.29, 1.82) is 0 Å². The molecule has 1 aliphatic heterocycles. The molecule has 0 saturated carbocycles. The van der Waals surface area contributed by atoms with Gasteiger partial charge < -0.3 is 19.6 Å². The van der Waals surface area contributed by atoms with Crippen LogP contribution in [0.1, 0.15) is 26.2 Å². The number of esters is 1. The van der Waals surface area contributed by atoms with Crippen molar-refractivity contribution in [2.24, 2.45) is 5.41 Å². The van der Waals surface area contributed by atoms with Crippen LogP contribution in [0.5, 0.6) is 0 Å². The Hall–Kier alpha value is -1.79. The molecule has 0 aromatic rings. The Bertz CT molecular complexity index is 398. The maximum Gasteiger partial charge on any atom is 0.325 e. The lowest BCUT2D eigenvalue weighted by Gasteiger charge is -2.40. The molecular formula is C13H22N2O5. The lowest BCUT2D eigenvalue weighted by Crippen LogP contribution is -2.53. The minimum absolute atomic E-state index is 0.141. The van der Waals surface area contributed by atoms with Gasteiger partial charge in [-0.1, -0.05) is 6.92 Å². The molecule has 1 heterocycles. The van der Waals surface area contributed by atoms with Crippen molar-refractivity contribution in [1.82, 2.24) is 9.80 Å². The first-order valence-corrected chi connectivity index (χ1v) is 6.66. The summed E-state index contributed by atoms with van der Waals surface area (Å²) in [5.74, 6) is -1.37. The first-order chi connectivity index (χ1) is 9.36. The zero-order valence-corrected chi connectivity index (χ0v) is 12.2. The summed E-state index contributed by atoms with van der Waals surface area (Å²) in [6.07, 6.45) is 1.70. The highest BCUT2D eigenvalue weighted by molar-refractivity contribution is 5.82. The summed E-state index contributed by atoms with van der Waals surface area (Å²) >= 11 is 0. The zero-order chi connectivity index (χ0) is 15.3. The molecule has 1 aliphatic rings. The number of amides is 2. The van der Waals surface area contributed by atoms with Crippen molar-refractivity contribution >= 4 is 18.0 Å². The van der Waals surface area contributed by atoms with E-state index in [-0.39, 0.29) is 19.1 Å². The molecule has 1 atom stereocenters. The van der Waals surface area contributed by atoms with Gasteiger partial charge in [-0.2, -0.15) is 0 Å². The van der Waals surface area contributed by atoms with E-state index in [0.717, 1.165) is 0 Å². The number of aliphatic carboxylic acids is 1. The van der Waals surface area contributed by atoms with E-state index in [4.69, 9.17) is 0 Å². The minimum atomic E-state index is -0.875. The number of nitrogens with zero attached hydrogens (tertiary/aromatic N) is 2. The van der Waals surface area contributed by atoms with Gasteiger partial charge in [-0.25, -0.2) is 4.79 Å². The van der Waals surface area contributed by atoms with Crippen LogP contribution >= 0.6 is 0 Å². The van der Waals surface area contributed by atoms with Gasteiger partial charge in [-0.05, 0) is 19.3 Å². The van der Waals surface area contributed by atoms with Crippen molar-refractivity contribution in [2.75, 3.05) is 33.8 Å². The molecule has 1 saturated heterocycles. The molecule has 1 unspecified atom stereocenters. The summed E-state index contributed by atoms with van der Waals surface area (Å²) in [7, 11) is 2.76. The van der Waals surface area contributed by atoms with E-state index >= 15 is 0 Å². The molecule has 0 radical (unpaired) electrons. The van der Waals surface area contributed by atoms with Crippen LogP contribution < -0.4 is 0 Å². The topological polar surface area (TPSA) is 87.2 Å². The maximum absolute atomic E-state index is 12.2. The third-order valence-corrected chi connectivity index (χ3v) is 3.90. The fraction of sp³-hybridized carbons (Fsp3) is 0.769. The van der Waals surface area contributed by atoms with E-state index in [1.165, 1.54) is 24.0 Å². The zero-order valence-electron chi connectivity index (χ0n) is 12.2. The van der Waals surface area contributed by atoms with Gasteiger partial charge in [0.15, 0.2) is 0 Å². The first-order valence-electron chi connectivity index (χ1n) is 6.66. The lowest BCUT2D eigenvalue weighted by atomic mass is 9.78. The summed E-state index contributed by atoms with van der Waals surface area (Å²) in [6, 6.07) is -0.339. The number of hydrogen-bond acceptors (Lipinski definition) is 4. The molecule has 0 bridgehead atoms. The Labute approximate surface area is 118 Å². The highest BCUT2D eigenvalue weighted by Gasteiger charge is 2.42. The van der Waals surface area contributed by atoms with Crippen molar-refractivity contribution in [3.8, 4) is 0 Å². The Morgan fingerprint density at radius 2 is 2.05 bits per heavy atom. The van der Waals surface area contributed by atoms with Gasteiger partial charge in [0.05, 0.1) is 12.5 Å². The Balaban J connectivity index is 2.73. The van der Waals surface area contributed by atoms with Crippen LogP contribution in [0.4, 0.5) is 4.79 Å². The molecule has 114 valence electrons. The Morgan fingerprint density at radius 3 is 2.55 bits per heavy atom. The number of hydrogen-bond donors (Lipinski definition) is 1. The second-order valence-electron chi connectivity index (χ2n) is 5.18. The Kier molecular flexibility index (Phi) is 5.35. The largest absolute Gasteiger partial charge is 0.481 e. The number of rotatable bonds is 4. The molecule has 1 rings (SSSR count). The van der Waals surface area contributed by atoms with E-state index in [9.17, 15) is 19.5 Å². The molecule has 0 spiro atoms. The average molecular weight is 286 g/mol. The van der Waals surface area contributed by atoms with E-state index in [0.29, 0.717) is 25.8 Å². The smallest absolute Gasteiger partial charge is 0.325 e. The molecule has 2 amide bonds. The van der Waals surface area contributed by atoms with Crippen molar-refractivity contribution in [2.45, 2.75) is 26.2 Å². The molecular weight excluding hydrogens is 264 g/mol. The summed E-state index contributed by atoms with van der Waals surface area (Å²) in [4.78, 5) is 37.6. The third kappa shape index (κ3) is 3.40. The molecule has 0 aliphatic carbocycles. The van der Waals surface area contributed by atoms with Gasteiger partial charge in [0, 0.05) is 20.1 Å². The van der Waals surface area contributed by atoms with Gasteiger partial charge in [0.1, 0.15) is 6.54 Å². The highest BCUT2D eigenvalue weighted by Crippen LogP contribution is 2.33. The standard InChI is InChI=1S/C13H22N2O5/c1-4-13(11(17)18)6-5-7-15(9-13)12(19)14(2)8-10(16)20-3/h4-9H2,1-3H3,(H,17,18). The van der Waals surface area contributed by atoms with Gasteiger partial charge in [0.25, 0.3) is 0 Å². The lowest BCUT2D eigenvalue weighted by molar-refractivity contribution is -0.152. The van der Waals surface area contributed by atoms with E-state index < -0.39 is 17.4 Å². The fourth-order valence-electron chi connectivity index (χ4n) is 2.48. The number of carbonyl (C=O) groups is 3. The van der Waals surface area contributed by atoms with Gasteiger partial charge in [-0.15, -0.1) is 0 Å². The van der Waals surface area contributed by atoms with E-state index in [2.05, 4.69) is 4.74 Å². The number of piperidine rings is 1. The van der Waals surface area contributed by atoms with Crippen LogP contribution in [-0.4, -0.2) is 66.7 Å². The van der Waals surface area contributed by atoms with Crippen molar-refractivity contribution < 1.29 is 24.2 Å².